The van der Waals surface area contributed by atoms with Crippen LogP contribution in [0.1, 0.15) is 39.5 Å². The molecule has 0 aromatic heterocycles. The number of urea groups is 1. The standard InChI is InChI=1S/C14H26N2O4/c1-4-5-11(10-20-3)15-13(19)16-8-6-14(2,7-9-16)12(17)18/h11H,4-10H2,1-3H3,(H,15,19)(H,17,18). The molecule has 0 aromatic carbocycles. The average molecular weight is 286 g/mol. The van der Waals surface area contributed by atoms with Gasteiger partial charge in [-0.15, -0.1) is 0 Å². The maximum atomic E-state index is 12.2. The summed E-state index contributed by atoms with van der Waals surface area (Å²) in [7, 11) is 1.62. The highest BCUT2D eigenvalue weighted by Gasteiger charge is 2.38. The lowest BCUT2D eigenvalue weighted by Gasteiger charge is -2.37. The van der Waals surface area contributed by atoms with Crippen molar-refractivity contribution >= 4 is 12.0 Å². The van der Waals surface area contributed by atoms with E-state index < -0.39 is 11.4 Å². The smallest absolute Gasteiger partial charge is 0.317 e. The molecular formula is C14H26N2O4. The van der Waals surface area contributed by atoms with E-state index in [-0.39, 0.29) is 12.1 Å². The molecule has 1 heterocycles. The van der Waals surface area contributed by atoms with Gasteiger partial charge >= 0.3 is 12.0 Å². The monoisotopic (exact) mass is 286 g/mol. The van der Waals surface area contributed by atoms with Crippen LogP contribution in [0.3, 0.4) is 0 Å². The number of aliphatic carboxylic acids is 1. The molecule has 1 saturated heterocycles. The topological polar surface area (TPSA) is 78.9 Å². The van der Waals surface area contributed by atoms with Gasteiger partial charge in [0.2, 0.25) is 0 Å². The molecule has 0 spiro atoms. The summed E-state index contributed by atoms with van der Waals surface area (Å²) >= 11 is 0. The number of hydrogen-bond acceptors (Lipinski definition) is 3. The van der Waals surface area contributed by atoms with Crippen molar-refractivity contribution in [3.8, 4) is 0 Å². The second-order valence-electron chi connectivity index (χ2n) is 5.74. The van der Waals surface area contributed by atoms with Gasteiger partial charge in [0.05, 0.1) is 18.1 Å². The largest absolute Gasteiger partial charge is 0.481 e. The summed E-state index contributed by atoms with van der Waals surface area (Å²) in [6.45, 7) is 5.28. The summed E-state index contributed by atoms with van der Waals surface area (Å²) in [5.74, 6) is -0.777. The number of methoxy groups -OCH3 is 1. The van der Waals surface area contributed by atoms with Crippen LogP contribution in [0, 0.1) is 5.41 Å². The van der Waals surface area contributed by atoms with Gasteiger partial charge in [-0.2, -0.15) is 0 Å². The van der Waals surface area contributed by atoms with Gasteiger partial charge in [-0.1, -0.05) is 13.3 Å². The van der Waals surface area contributed by atoms with Crippen molar-refractivity contribution in [2.75, 3.05) is 26.8 Å². The predicted octanol–water partition coefficient (Wildman–Crippen LogP) is 1.70. The van der Waals surface area contributed by atoms with Crippen molar-refractivity contribution in [2.24, 2.45) is 5.41 Å². The highest BCUT2D eigenvalue weighted by Crippen LogP contribution is 2.30. The van der Waals surface area contributed by atoms with E-state index in [1.54, 1.807) is 18.9 Å². The van der Waals surface area contributed by atoms with Crippen molar-refractivity contribution in [1.29, 1.82) is 0 Å². The number of ether oxygens (including phenoxy) is 1. The number of nitrogens with zero attached hydrogens (tertiary/aromatic N) is 1. The molecule has 0 aliphatic carbocycles. The van der Waals surface area contributed by atoms with E-state index in [0.717, 1.165) is 12.8 Å². The third-order valence-corrected chi connectivity index (χ3v) is 4.00. The highest BCUT2D eigenvalue weighted by atomic mass is 16.5. The van der Waals surface area contributed by atoms with E-state index >= 15 is 0 Å². The Labute approximate surface area is 120 Å². The molecule has 0 saturated carbocycles. The van der Waals surface area contributed by atoms with E-state index in [2.05, 4.69) is 12.2 Å². The minimum absolute atomic E-state index is 0.0188. The normalized spacial score (nSPS) is 19.4. The lowest BCUT2D eigenvalue weighted by molar-refractivity contribution is -0.150. The second-order valence-corrected chi connectivity index (χ2v) is 5.74. The first-order chi connectivity index (χ1) is 9.42. The first kappa shape index (κ1) is 16.8. The van der Waals surface area contributed by atoms with E-state index in [4.69, 9.17) is 4.74 Å². The minimum atomic E-state index is -0.777. The molecule has 0 bridgehead atoms. The van der Waals surface area contributed by atoms with Gasteiger partial charge in [0, 0.05) is 20.2 Å². The molecule has 1 fully saturated rings. The van der Waals surface area contributed by atoms with Crippen LogP contribution in [-0.4, -0.2) is 54.9 Å². The Kier molecular flexibility index (Phi) is 6.26. The van der Waals surface area contributed by atoms with E-state index in [0.29, 0.717) is 32.5 Å². The summed E-state index contributed by atoms with van der Waals surface area (Å²) in [5.41, 5.74) is -0.702. The summed E-state index contributed by atoms with van der Waals surface area (Å²) < 4.78 is 5.10. The number of piperidine rings is 1. The lowest BCUT2D eigenvalue weighted by Crippen LogP contribution is -2.51. The SMILES string of the molecule is CCCC(COC)NC(=O)N1CCC(C)(C(=O)O)CC1. The molecule has 116 valence electrons. The molecule has 6 heteroatoms. The van der Waals surface area contributed by atoms with Crippen LogP contribution in [0.2, 0.25) is 0 Å². The van der Waals surface area contributed by atoms with Gasteiger partial charge in [-0.05, 0) is 26.2 Å². The molecule has 6 nitrogen and oxygen atoms in total. The number of carboxylic acid groups (broad SMARTS) is 1. The number of rotatable bonds is 6. The summed E-state index contributed by atoms with van der Waals surface area (Å²) in [5, 5.41) is 12.1. The fraction of sp³-hybridized carbons (Fsp3) is 0.857. The van der Waals surface area contributed by atoms with Crippen molar-refractivity contribution in [2.45, 2.75) is 45.6 Å². The average Bonchev–Trinajstić information content (AvgIpc) is 2.39. The first-order valence-electron chi connectivity index (χ1n) is 7.20. The van der Waals surface area contributed by atoms with Crippen LogP contribution >= 0.6 is 0 Å². The highest BCUT2D eigenvalue weighted by molar-refractivity contribution is 5.77. The van der Waals surface area contributed by atoms with Gasteiger partial charge < -0.3 is 20.1 Å². The van der Waals surface area contributed by atoms with Crippen LogP contribution in [0.4, 0.5) is 4.79 Å². The fourth-order valence-corrected chi connectivity index (χ4v) is 2.43. The number of amides is 2. The van der Waals surface area contributed by atoms with Gasteiger partial charge in [0.1, 0.15) is 0 Å². The van der Waals surface area contributed by atoms with Crippen LogP contribution in [0.15, 0.2) is 0 Å². The quantitative estimate of drug-likeness (QED) is 0.779. The zero-order chi connectivity index (χ0) is 15.2. The van der Waals surface area contributed by atoms with E-state index in [1.807, 2.05) is 0 Å². The van der Waals surface area contributed by atoms with Gasteiger partial charge in [-0.25, -0.2) is 4.79 Å². The molecule has 1 rings (SSSR count). The lowest BCUT2D eigenvalue weighted by atomic mass is 9.80. The predicted molar refractivity (Wildman–Crippen MR) is 75.7 cm³/mol. The van der Waals surface area contributed by atoms with Crippen LogP contribution in [0.5, 0.6) is 0 Å². The third kappa shape index (κ3) is 4.37. The van der Waals surface area contributed by atoms with Crippen LogP contribution in [-0.2, 0) is 9.53 Å². The Hall–Kier alpha value is -1.30. The number of carboxylic acids is 1. The fourth-order valence-electron chi connectivity index (χ4n) is 2.43. The Morgan fingerprint density at radius 1 is 1.40 bits per heavy atom. The zero-order valence-electron chi connectivity index (χ0n) is 12.6. The molecule has 0 aromatic rings. The Morgan fingerprint density at radius 2 is 2.00 bits per heavy atom. The van der Waals surface area contributed by atoms with Crippen molar-refractivity contribution in [3.05, 3.63) is 0 Å². The molecule has 1 atom stereocenters. The second kappa shape index (κ2) is 7.47. The Morgan fingerprint density at radius 3 is 2.45 bits per heavy atom. The zero-order valence-corrected chi connectivity index (χ0v) is 12.6. The molecule has 1 aliphatic heterocycles. The Balaban J connectivity index is 2.47. The van der Waals surface area contributed by atoms with Crippen LogP contribution in [0.25, 0.3) is 0 Å². The molecule has 0 radical (unpaired) electrons. The number of carbonyl (C=O) groups excluding carboxylic acids is 1. The molecular weight excluding hydrogens is 260 g/mol. The van der Waals surface area contributed by atoms with Crippen molar-refractivity contribution < 1.29 is 19.4 Å². The Bertz CT molecular complexity index is 332. The number of nitrogens with one attached hydrogen (secondary N) is 1. The third-order valence-electron chi connectivity index (χ3n) is 4.00. The first-order valence-corrected chi connectivity index (χ1v) is 7.20. The summed E-state index contributed by atoms with van der Waals surface area (Å²) in [6.07, 6.45) is 2.85. The van der Waals surface area contributed by atoms with Crippen LogP contribution < -0.4 is 5.32 Å². The molecule has 20 heavy (non-hydrogen) atoms. The summed E-state index contributed by atoms with van der Waals surface area (Å²) in [6, 6.07) is -0.0989. The van der Waals surface area contributed by atoms with E-state index in [1.165, 1.54) is 0 Å². The number of carbonyl (C=O) groups is 2. The molecule has 1 unspecified atom stereocenters. The maximum Gasteiger partial charge on any atom is 0.317 e. The molecule has 1 aliphatic rings. The van der Waals surface area contributed by atoms with Crippen molar-refractivity contribution in [3.63, 3.8) is 0 Å². The molecule has 2 N–H and O–H groups in total. The van der Waals surface area contributed by atoms with E-state index in [9.17, 15) is 14.7 Å². The maximum absolute atomic E-state index is 12.2. The number of hydrogen-bond donors (Lipinski definition) is 2. The molecule has 2 amide bonds. The van der Waals surface area contributed by atoms with Gasteiger partial charge in [0.25, 0.3) is 0 Å². The number of likely N-dealkylation sites (tertiary alicyclic amines) is 1. The van der Waals surface area contributed by atoms with Gasteiger partial charge in [0.15, 0.2) is 0 Å². The minimum Gasteiger partial charge on any atom is -0.481 e. The van der Waals surface area contributed by atoms with Crippen molar-refractivity contribution in [1.82, 2.24) is 10.2 Å². The summed E-state index contributed by atoms with van der Waals surface area (Å²) in [4.78, 5) is 25.0. The van der Waals surface area contributed by atoms with Gasteiger partial charge in [-0.3, -0.25) is 4.79 Å².